The molecule has 1 aliphatic heterocycles. The van der Waals surface area contributed by atoms with Gasteiger partial charge in [0, 0.05) is 5.92 Å². The van der Waals surface area contributed by atoms with Crippen LogP contribution in [0.2, 0.25) is 0 Å². The number of rotatable bonds is 6. The molecule has 9 heteroatoms. The van der Waals surface area contributed by atoms with Gasteiger partial charge >= 0.3 is 11.9 Å². The number of amides is 1. The first kappa shape index (κ1) is 26.5. The summed E-state index contributed by atoms with van der Waals surface area (Å²) in [6.45, 7) is 1.84. The van der Waals surface area contributed by atoms with Crippen LogP contribution < -0.4 is 16.0 Å². The lowest BCUT2D eigenvalue weighted by Crippen LogP contribution is -2.41. The number of hydrogen-bond acceptors (Lipinski definition) is 8. The molecule has 1 heterocycles. The Morgan fingerprint density at radius 3 is 2.29 bits per heavy atom. The van der Waals surface area contributed by atoms with E-state index in [1.807, 2.05) is 13.0 Å². The third kappa shape index (κ3) is 4.85. The zero-order valence-electron chi connectivity index (χ0n) is 21.6. The molecular formula is C29H30N4O5. The first-order chi connectivity index (χ1) is 18.3. The number of anilines is 2. The molecule has 2 aromatic carbocycles. The second-order valence-electron chi connectivity index (χ2n) is 9.33. The molecule has 0 bridgehead atoms. The van der Waals surface area contributed by atoms with Gasteiger partial charge in [-0.25, -0.2) is 9.59 Å². The molecule has 2 aromatic rings. The molecule has 4 rings (SSSR count). The smallest absolute Gasteiger partial charge is 0.355 e. The van der Waals surface area contributed by atoms with Gasteiger partial charge in [-0.15, -0.1) is 0 Å². The van der Waals surface area contributed by atoms with Gasteiger partial charge in [0.15, 0.2) is 0 Å². The Labute approximate surface area is 221 Å². The maximum atomic E-state index is 13.3. The fraction of sp³-hybridized carbons (Fsp3) is 0.310. The SMILES string of the molecule is COC(=O)C1=C(C(=O)OC)N(c2cc(C)ccc2NC(=O)C2CCCC2)C(N)=C(C#N)C1c1ccccc1. The number of carbonyl (C=O) groups excluding carboxylic acids is 3. The Hall–Kier alpha value is -4.58. The first-order valence-corrected chi connectivity index (χ1v) is 12.4. The average molecular weight is 515 g/mol. The van der Waals surface area contributed by atoms with Gasteiger partial charge in [-0.2, -0.15) is 5.26 Å². The summed E-state index contributed by atoms with van der Waals surface area (Å²) in [7, 11) is 2.39. The van der Waals surface area contributed by atoms with E-state index in [2.05, 4.69) is 11.4 Å². The number of nitriles is 1. The second-order valence-corrected chi connectivity index (χ2v) is 9.33. The van der Waals surface area contributed by atoms with Gasteiger partial charge in [-0.1, -0.05) is 49.2 Å². The van der Waals surface area contributed by atoms with Crippen LogP contribution in [0.15, 0.2) is 71.2 Å². The van der Waals surface area contributed by atoms with Gasteiger partial charge in [0.05, 0.1) is 48.7 Å². The van der Waals surface area contributed by atoms with Crippen molar-refractivity contribution in [2.24, 2.45) is 11.7 Å². The van der Waals surface area contributed by atoms with Crippen molar-refractivity contribution in [1.29, 1.82) is 5.26 Å². The molecule has 0 saturated heterocycles. The van der Waals surface area contributed by atoms with E-state index in [0.29, 0.717) is 16.9 Å². The van der Waals surface area contributed by atoms with E-state index in [-0.39, 0.29) is 34.5 Å². The molecule has 9 nitrogen and oxygen atoms in total. The summed E-state index contributed by atoms with van der Waals surface area (Å²) >= 11 is 0. The minimum absolute atomic E-state index is 0.0545. The molecule has 3 N–H and O–H groups in total. The van der Waals surface area contributed by atoms with Crippen LogP contribution in [0.1, 0.15) is 42.7 Å². The molecular weight excluding hydrogens is 484 g/mol. The lowest BCUT2D eigenvalue weighted by atomic mass is 9.81. The van der Waals surface area contributed by atoms with Crippen molar-refractivity contribution in [3.05, 3.63) is 82.3 Å². The summed E-state index contributed by atoms with van der Waals surface area (Å²) in [5.74, 6) is -2.94. The van der Waals surface area contributed by atoms with E-state index in [1.165, 1.54) is 19.1 Å². The normalized spacial score (nSPS) is 17.7. The Kier molecular flexibility index (Phi) is 7.82. The highest BCUT2D eigenvalue weighted by molar-refractivity contribution is 6.08. The van der Waals surface area contributed by atoms with Gasteiger partial charge < -0.3 is 20.5 Å². The first-order valence-electron chi connectivity index (χ1n) is 12.4. The highest BCUT2D eigenvalue weighted by atomic mass is 16.5. The maximum Gasteiger partial charge on any atom is 0.355 e. The fourth-order valence-electron chi connectivity index (χ4n) is 5.12. The van der Waals surface area contributed by atoms with Crippen LogP contribution in [0.25, 0.3) is 0 Å². The quantitative estimate of drug-likeness (QED) is 0.552. The fourth-order valence-corrected chi connectivity index (χ4v) is 5.12. The third-order valence-electron chi connectivity index (χ3n) is 6.99. The van der Waals surface area contributed by atoms with E-state index in [0.717, 1.165) is 31.2 Å². The Bertz CT molecular complexity index is 1370. The van der Waals surface area contributed by atoms with Crippen LogP contribution in [0, 0.1) is 24.2 Å². The lowest BCUT2D eigenvalue weighted by molar-refractivity contribution is -0.139. The van der Waals surface area contributed by atoms with Crippen molar-refractivity contribution >= 4 is 29.2 Å². The molecule has 1 atom stereocenters. The van der Waals surface area contributed by atoms with Crippen LogP contribution in [0.3, 0.4) is 0 Å². The zero-order valence-corrected chi connectivity index (χ0v) is 21.6. The van der Waals surface area contributed by atoms with Crippen molar-refractivity contribution in [3.63, 3.8) is 0 Å². The third-order valence-corrected chi connectivity index (χ3v) is 6.99. The summed E-state index contributed by atoms with van der Waals surface area (Å²) in [4.78, 5) is 41.0. The molecule has 1 fully saturated rings. The number of esters is 2. The molecule has 0 radical (unpaired) electrons. The predicted molar refractivity (Wildman–Crippen MR) is 141 cm³/mol. The highest BCUT2D eigenvalue weighted by Crippen LogP contribution is 2.45. The standard InChI is InChI=1S/C29H30N4O5/c1-17-13-14-21(32-27(34)19-11-7-8-12-19)22(15-17)33-25(29(36)38-3)24(28(35)37-2)23(20(16-30)26(33)31)18-9-5-4-6-10-18/h4-6,9-10,13-15,19,23H,7-8,11-12,31H2,1-3H3,(H,32,34). The number of nitrogens with two attached hydrogens (primary N) is 1. The molecule has 0 aromatic heterocycles. The van der Waals surface area contributed by atoms with E-state index in [1.54, 1.807) is 42.5 Å². The Morgan fingerprint density at radius 1 is 1.03 bits per heavy atom. The Morgan fingerprint density at radius 2 is 1.68 bits per heavy atom. The summed E-state index contributed by atoms with van der Waals surface area (Å²) in [6.07, 6.45) is 3.58. The maximum absolute atomic E-state index is 13.3. The van der Waals surface area contributed by atoms with Crippen molar-refractivity contribution in [3.8, 4) is 6.07 Å². The van der Waals surface area contributed by atoms with E-state index >= 15 is 0 Å². The molecule has 38 heavy (non-hydrogen) atoms. The number of ether oxygens (including phenoxy) is 2. The second kappa shape index (κ2) is 11.2. The van der Waals surface area contributed by atoms with Gasteiger partial charge in [0.25, 0.3) is 0 Å². The number of methoxy groups -OCH3 is 2. The number of hydrogen-bond donors (Lipinski definition) is 2. The van der Waals surface area contributed by atoms with Crippen LogP contribution in [-0.4, -0.2) is 32.1 Å². The minimum atomic E-state index is -0.972. The van der Waals surface area contributed by atoms with Crippen molar-refractivity contribution < 1.29 is 23.9 Å². The summed E-state index contributed by atoms with van der Waals surface area (Å²) in [5.41, 5.74) is 8.50. The number of benzene rings is 2. The lowest BCUT2D eigenvalue weighted by Gasteiger charge is -2.36. The van der Waals surface area contributed by atoms with Gasteiger partial charge in [0.2, 0.25) is 5.91 Å². The van der Waals surface area contributed by atoms with Crippen LogP contribution >= 0.6 is 0 Å². The average Bonchev–Trinajstić information content (AvgIpc) is 3.48. The molecule has 1 saturated carbocycles. The van der Waals surface area contributed by atoms with Crippen LogP contribution in [-0.2, 0) is 23.9 Å². The summed E-state index contributed by atoms with van der Waals surface area (Å²) in [5, 5.41) is 13.2. The molecule has 1 amide bonds. The van der Waals surface area contributed by atoms with Crippen molar-refractivity contribution in [2.45, 2.75) is 38.5 Å². The minimum Gasteiger partial charge on any atom is -0.466 e. The summed E-state index contributed by atoms with van der Waals surface area (Å²) in [6, 6.07) is 16.2. The van der Waals surface area contributed by atoms with E-state index in [9.17, 15) is 19.6 Å². The van der Waals surface area contributed by atoms with Gasteiger partial charge in [-0.3, -0.25) is 9.69 Å². The van der Waals surface area contributed by atoms with Crippen molar-refractivity contribution in [1.82, 2.24) is 0 Å². The molecule has 2 aliphatic rings. The predicted octanol–water partition coefficient (Wildman–Crippen LogP) is 4.02. The Balaban J connectivity index is 1.98. The van der Waals surface area contributed by atoms with Crippen LogP contribution in [0.4, 0.5) is 11.4 Å². The largest absolute Gasteiger partial charge is 0.466 e. The number of nitrogens with zero attached hydrogens (tertiary/aromatic N) is 2. The molecule has 1 aliphatic carbocycles. The number of nitrogens with one attached hydrogen (secondary N) is 1. The van der Waals surface area contributed by atoms with E-state index in [4.69, 9.17) is 15.2 Å². The number of allylic oxidation sites excluding steroid dienone is 1. The molecule has 0 spiro atoms. The number of carbonyl (C=O) groups is 3. The van der Waals surface area contributed by atoms with Crippen LogP contribution in [0.5, 0.6) is 0 Å². The zero-order chi connectivity index (χ0) is 27.4. The van der Waals surface area contributed by atoms with Crippen molar-refractivity contribution in [2.75, 3.05) is 24.4 Å². The summed E-state index contributed by atoms with van der Waals surface area (Å²) < 4.78 is 10.2. The topological polar surface area (TPSA) is 135 Å². The monoisotopic (exact) mass is 514 g/mol. The highest BCUT2D eigenvalue weighted by Gasteiger charge is 2.43. The molecule has 1 unspecified atom stereocenters. The van der Waals surface area contributed by atoms with E-state index < -0.39 is 17.9 Å². The molecule has 196 valence electrons. The number of aryl methyl sites for hydroxylation is 1. The van der Waals surface area contributed by atoms with Gasteiger partial charge in [-0.05, 0) is 43.0 Å². The van der Waals surface area contributed by atoms with Gasteiger partial charge in [0.1, 0.15) is 11.5 Å².